The van der Waals surface area contributed by atoms with Gasteiger partial charge < -0.3 is 39.7 Å². The number of hydrogen-bond acceptors (Lipinski definition) is 8. The second kappa shape index (κ2) is 12.6. The van der Waals surface area contributed by atoms with Crippen molar-refractivity contribution in [2.24, 2.45) is 0 Å². The lowest BCUT2D eigenvalue weighted by atomic mass is 9.77. The third kappa shape index (κ3) is 5.80. The first-order chi connectivity index (χ1) is 19.9. The smallest absolute Gasteiger partial charge is 0.252 e. The van der Waals surface area contributed by atoms with E-state index in [1.54, 1.807) is 30.3 Å². The fourth-order valence-corrected chi connectivity index (χ4v) is 5.92. The summed E-state index contributed by atoms with van der Waals surface area (Å²) in [6.45, 7) is 0.0424. The largest absolute Gasteiger partial charge is 0.493 e. The number of fused-ring (bicyclic) bond motifs is 3. The van der Waals surface area contributed by atoms with Gasteiger partial charge in [0, 0.05) is 30.8 Å². The van der Waals surface area contributed by atoms with E-state index in [4.69, 9.17) is 14.2 Å². The Bertz CT molecular complexity index is 1310. The molecule has 1 aliphatic carbocycles. The monoisotopic (exact) mass is 570 g/mol. The fourth-order valence-electron chi connectivity index (χ4n) is 5.92. The summed E-state index contributed by atoms with van der Waals surface area (Å²) in [5.41, 5.74) is 2.04. The van der Waals surface area contributed by atoms with Crippen LogP contribution in [0.5, 0.6) is 11.5 Å². The van der Waals surface area contributed by atoms with Crippen molar-refractivity contribution in [3.8, 4) is 11.5 Å². The van der Waals surface area contributed by atoms with E-state index in [0.29, 0.717) is 47.6 Å². The zero-order valence-electron chi connectivity index (χ0n) is 22.8. The lowest BCUT2D eigenvalue weighted by Crippen LogP contribution is -2.57. The van der Waals surface area contributed by atoms with Gasteiger partial charge in [-0.3, -0.25) is 9.59 Å². The molecule has 0 spiro atoms. The van der Waals surface area contributed by atoms with Gasteiger partial charge in [-0.25, -0.2) is 4.39 Å². The molecule has 41 heavy (non-hydrogen) atoms. The maximum Gasteiger partial charge on any atom is 0.252 e. The van der Waals surface area contributed by atoms with Crippen molar-refractivity contribution >= 4 is 11.8 Å². The second-order valence-electron chi connectivity index (χ2n) is 10.4. The van der Waals surface area contributed by atoms with Gasteiger partial charge in [-0.05, 0) is 60.7 Å². The van der Waals surface area contributed by atoms with Gasteiger partial charge in [0.25, 0.3) is 5.91 Å². The molecule has 0 saturated carbocycles. The molecule has 2 aromatic rings. The van der Waals surface area contributed by atoms with E-state index in [-0.39, 0.29) is 37.8 Å². The van der Waals surface area contributed by atoms with Gasteiger partial charge >= 0.3 is 0 Å². The molecule has 2 amide bonds. The number of aliphatic hydroxyl groups is 3. The maximum absolute atomic E-state index is 13.9. The molecule has 3 aliphatic rings. The molecule has 2 heterocycles. The Kier molecular flexibility index (Phi) is 8.88. The Morgan fingerprint density at radius 3 is 2.71 bits per heavy atom. The van der Waals surface area contributed by atoms with Crippen LogP contribution in [0.1, 0.15) is 35.4 Å². The number of amides is 2. The standard InChI is InChI=1S/C30H35FN2O8/c1-39-24-14-18(16-35)13-20-25-21(29(37)32-8-10-34)15-22(26(36)28(25)41-27(20)24)33(30(38)23-6-3-11-40-23)9-7-17-4-2-5-19(31)12-17/h2,4-5,12-15,22-23,25-26,28,34-36H,3,6-11,16H2,1H3,(H,32,37)/t22-,23?,25+,26+,28+/m1/s1. The van der Waals surface area contributed by atoms with Crippen molar-refractivity contribution in [3.63, 3.8) is 0 Å². The molecule has 5 atom stereocenters. The molecule has 0 aromatic heterocycles. The summed E-state index contributed by atoms with van der Waals surface area (Å²) in [7, 11) is 1.46. The number of methoxy groups -OCH3 is 1. The molecule has 4 N–H and O–H groups in total. The maximum atomic E-state index is 13.9. The first-order valence-electron chi connectivity index (χ1n) is 13.8. The van der Waals surface area contributed by atoms with E-state index in [9.17, 15) is 29.3 Å². The van der Waals surface area contributed by atoms with E-state index < -0.39 is 42.0 Å². The molecule has 1 fully saturated rings. The van der Waals surface area contributed by atoms with Crippen LogP contribution in [0.3, 0.4) is 0 Å². The van der Waals surface area contributed by atoms with Gasteiger partial charge in [-0.2, -0.15) is 0 Å². The summed E-state index contributed by atoms with van der Waals surface area (Å²) in [5, 5.41) is 33.6. The number of carbonyl (C=O) groups excluding carboxylic acids is 2. The number of halogens is 1. The fraction of sp³-hybridized carbons (Fsp3) is 0.467. The second-order valence-corrected chi connectivity index (χ2v) is 10.4. The van der Waals surface area contributed by atoms with Crippen LogP contribution >= 0.6 is 0 Å². The Labute approximate surface area is 237 Å². The summed E-state index contributed by atoms with van der Waals surface area (Å²) in [6.07, 6.45) is 0.244. The molecule has 2 aromatic carbocycles. The molecule has 10 nitrogen and oxygen atoms in total. The van der Waals surface area contributed by atoms with Gasteiger partial charge in [0.2, 0.25) is 5.91 Å². The molecule has 1 saturated heterocycles. The van der Waals surface area contributed by atoms with Crippen LogP contribution in [-0.4, -0.2) is 89.8 Å². The highest BCUT2D eigenvalue weighted by molar-refractivity contribution is 5.96. The lowest BCUT2D eigenvalue weighted by molar-refractivity contribution is -0.146. The summed E-state index contributed by atoms with van der Waals surface area (Å²) >= 11 is 0. The molecule has 11 heteroatoms. The number of hydrogen-bond donors (Lipinski definition) is 4. The van der Waals surface area contributed by atoms with Crippen molar-refractivity contribution in [2.75, 3.05) is 33.4 Å². The van der Waals surface area contributed by atoms with E-state index in [2.05, 4.69) is 5.32 Å². The zero-order chi connectivity index (χ0) is 29.1. The molecule has 0 radical (unpaired) electrons. The van der Waals surface area contributed by atoms with Gasteiger partial charge in [-0.15, -0.1) is 0 Å². The van der Waals surface area contributed by atoms with Crippen LogP contribution in [0.15, 0.2) is 48.0 Å². The van der Waals surface area contributed by atoms with Gasteiger partial charge in [-0.1, -0.05) is 12.1 Å². The number of carbonyl (C=O) groups is 2. The first kappa shape index (κ1) is 29.0. The van der Waals surface area contributed by atoms with E-state index in [1.807, 2.05) is 0 Å². The molecule has 220 valence electrons. The zero-order valence-corrected chi connectivity index (χ0v) is 22.8. The van der Waals surface area contributed by atoms with E-state index in [0.717, 1.165) is 6.42 Å². The third-order valence-corrected chi connectivity index (χ3v) is 7.87. The molecule has 0 bridgehead atoms. The Balaban J connectivity index is 1.55. The number of benzene rings is 2. The molecular weight excluding hydrogens is 535 g/mol. The van der Waals surface area contributed by atoms with Crippen LogP contribution in [0.4, 0.5) is 4.39 Å². The molecule has 1 unspecified atom stereocenters. The Hall–Kier alpha value is -3.51. The van der Waals surface area contributed by atoms with Crippen LogP contribution in [0.2, 0.25) is 0 Å². The summed E-state index contributed by atoms with van der Waals surface area (Å²) in [6, 6.07) is 8.47. The molecule has 5 rings (SSSR count). The lowest BCUT2D eigenvalue weighted by Gasteiger charge is -2.41. The first-order valence-corrected chi connectivity index (χ1v) is 13.8. The summed E-state index contributed by atoms with van der Waals surface area (Å²) < 4.78 is 31.3. The predicted octanol–water partition coefficient (Wildman–Crippen LogP) is 1.20. The Morgan fingerprint density at radius 1 is 1.20 bits per heavy atom. The predicted molar refractivity (Wildman–Crippen MR) is 145 cm³/mol. The van der Waals surface area contributed by atoms with Crippen LogP contribution in [0, 0.1) is 5.82 Å². The number of ether oxygens (including phenoxy) is 3. The van der Waals surface area contributed by atoms with Crippen molar-refractivity contribution in [1.82, 2.24) is 10.2 Å². The SMILES string of the molecule is COc1cc(CO)cc2c1O[C@@H]1[C@@H](O)[C@H](N(CCc3cccc(F)c3)C(=O)C3CCCO3)C=C(C(=O)NCCO)[C@H]21. The number of nitrogens with one attached hydrogen (secondary N) is 1. The van der Waals surface area contributed by atoms with Gasteiger partial charge in [0.05, 0.1) is 32.3 Å². The quantitative estimate of drug-likeness (QED) is 0.335. The van der Waals surface area contributed by atoms with Gasteiger partial charge in [0.1, 0.15) is 24.1 Å². The minimum Gasteiger partial charge on any atom is -0.493 e. The van der Waals surface area contributed by atoms with Crippen LogP contribution in [0.25, 0.3) is 0 Å². The Morgan fingerprint density at radius 2 is 2.02 bits per heavy atom. The van der Waals surface area contributed by atoms with E-state index >= 15 is 0 Å². The third-order valence-electron chi connectivity index (χ3n) is 7.87. The number of rotatable bonds is 10. The number of aliphatic hydroxyl groups excluding tert-OH is 3. The topological polar surface area (TPSA) is 138 Å². The van der Waals surface area contributed by atoms with Crippen molar-refractivity contribution in [2.45, 2.75) is 56.1 Å². The summed E-state index contributed by atoms with van der Waals surface area (Å²) in [5.74, 6) is -1.24. The van der Waals surface area contributed by atoms with Crippen LogP contribution in [-0.2, 0) is 27.4 Å². The highest BCUT2D eigenvalue weighted by Crippen LogP contribution is 2.51. The van der Waals surface area contributed by atoms with Crippen LogP contribution < -0.4 is 14.8 Å². The molecule has 2 aliphatic heterocycles. The average molecular weight is 571 g/mol. The minimum absolute atomic E-state index is 0.00657. The minimum atomic E-state index is -1.25. The summed E-state index contributed by atoms with van der Waals surface area (Å²) in [4.78, 5) is 28.7. The normalized spacial score (nSPS) is 24.6. The molecular formula is C30H35FN2O8. The average Bonchev–Trinajstić information content (AvgIpc) is 3.65. The highest BCUT2D eigenvalue weighted by Gasteiger charge is 2.52. The van der Waals surface area contributed by atoms with Crippen molar-refractivity contribution in [3.05, 3.63) is 70.6 Å². The van der Waals surface area contributed by atoms with Crippen molar-refractivity contribution in [1.29, 1.82) is 0 Å². The van der Waals surface area contributed by atoms with E-state index in [1.165, 1.54) is 24.1 Å². The van der Waals surface area contributed by atoms with Gasteiger partial charge in [0.15, 0.2) is 11.5 Å². The number of nitrogens with zero attached hydrogens (tertiary/aromatic N) is 1. The van der Waals surface area contributed by atoms with Crippen molar-refractivity contribution < 1.29 is 43.5 Å². The highest BCUT2D eigenvalue weighted by atomic mass is 19.1.